The molecule has 26 heavy (non-hydrogen) atoms. The predicted molar refractivity (Wildman–Crippen MR) is 93.1 cm³/mol. The molecule has 0 aromatic carbocycles. The number of aliphatic hydroxyl groups is 3. The number of allylic oxidation sites excluding steroid dienone is 1. The summed E-state index contributed by atoms with van der Waals surface area (Å²) in [4.78, 5) is 26.4. The highest BCUT2D eigenvalue weighted by molar-refractivity contribution is 5.75. The summed E-state index contributed by atoms with van der Waals surface area (Å²) in [6, 6.07) is 0. The van der Waals surface area contributed by atoms with E-state index >= 15 is 0 Å². The molecular formula is C17H31NO8. The van der Waals surface area contributed by atoms with Gasteiger partial charge in [0.25, 0.3) is 0 Å². The van der Waals surface area contributed by atoms with Gasteiger partial charge in [0, 0.05) is 6.20 Å². The SMILES string of the molecule is CCCCCCCCC/C=C/NO[C@@H](C(=O)O)[C@@H](O)[C@H](O)[C@H](O)C(=O)O. The molecule has 0 aliphatic heterocycles. The first-order valence-electron chi connectivity index (χ1n) is 8.88. The number of hydroxylamine groups is 1. The van der Waals surface area contributed by atoms with Crippen LogP contribution in [0.15, 0.2) is 12.3 Å². The van der Waals surface area contributed by atoms with E-state index in [9.17, 15) is 19.8 Å². The summed E-state index contributed by atoms with van der Waals surface area (Å²) >= 11 is 0. The van der Waals surface area contributed by atoms with Crippen LogP contribution in [0.3, 0.4) is 0 Å². The molecule has 0 amide bonds. The van der Waals surface area contributed by atoms with Gasteiger partial charge in [0.15, 0.2) is 6.10 Å². The molecule has 0 aromatic rings. The molecule has 0 aliphatic rings. The van der Waals surface area contributed by atoms with Crippen LogP contribution in [0.5, 0.6) is 0 Å². The fraction of sp³-hybridized carbons (Fsp3) is 0.765. The predicted octanol–water partition coefficient (Wildman–Crippen LogP) is 0.783. The van der Waals surface area contributed by atoms with Gasteiger partial charge in [-0.3, -0.25) is 10.3 Å². The molecule has 152 valence electrons. The first kappa shape index (κ1) is 24.3. The Morgan fingerprint density at radius 1 is 0.923 bits per heavy atom. The van der Waals surface area contributed by atoms with Crippen molar-refractivity contribution in [3.63, 3.8) is 0 Å². The Hall–Kier alpha value is -1.68. The Labute approximate surface area is 153 Å². The van der Waals surface area contributed by atoms with Crippen molar-refractivity contribution in [1.82, 2.24) is 5.48 Å². The van der Waals surface area contributed by atoms with E-state index in [1.807, 2.05) is 0 Å². The summed E-state index contributed by atoms with van der Waals surface area (Å²) in [5.41, 5.74) is 2.23. The maximum atomic E-state index is 11.1. The maximum Gasteiger partial charge on any atom is 0.338 e. The molecular weight excluding hydrogens is 346 g/mol. The van der Waals surface area contributed by atoms with Crippen molar-refractivity contribution < 1.29 is 40.0 Å². The zero-order valence-electron chi connectivity index (χ0n) is 15.1. The second-order valence-corrected chi connectivity index (χ2v) is 6.07. The molecule has 0 spiro atoms. The molecule has 0 bridgehead atoms. The number of carbonyl (C=O) groups is 2. The van der Waals surface area contributed by atoms with Crippen LogP contribution < -0.4 is 5.48 Å². The number of hydrogen-bond donors (Lipinski definition) is 6. The minimum absolute atomic E-state index is 0.769. The zero-order valence-corrected chi connectivity index (χ0v) is 15.1. The fourth-order valence-electron chi connectivity index (χ4n) is 2.24. The number of hydrogen-bond acceptors (Lipinski definition) is 7. The highest BCUT2D eigenvalue weighted by Crippen LogP contribution is 2.10. The van der Waals surface area contributed by atoms with Crippen molar-refractivity contribution in [2.75, 3.05) is 0 Å². The summed E-state index contributed by atoms with van der Waals surface area (Å²) in [7, 11) is 0. The summed E-state index contributed by atoms with van der Waals surface area (Å²) in [6.07, 6.45) is 3.44. The lowest BCUT2D eigenvalue weighted by molar-refractivity contribution is -0.184. The third-order valence-corrected chi connectivity index (χ3v) is 3.84. The highest BCUT2D eigenvalue weighted by Gasteiger charge is 2.39. The third kappa shape index (κ3) is 10.3. The van der Waals surface area contributed by atoms with Crippen molar-refractivity contribution in [3.05, 3.63) is 12.3 Å². The first-order chi connectivity index (χ1) is 12.3. The zero-order chi connectivity index (χ0) is 19.9. The van der Waals surface area contributed by atoms with E-state index in [4.69, 9.17) is 20.2 Å². The van der Waals surface area contributed by atoms with Gasteiger partial charge < -0.3 is 25.5 Å². The summed E-state index contributed by atoms with van der Waals surface area (Å²) in [6.45, 7) is 2.17. The molecule has 0 heterocycles. The largest absolute Gasteiger partial charge is 0.479 e. The number of nitrogens with one attached hydrogen (secondary N) is 1. The molecule has 0 fully saturated rings. The van der Waals surface area contributed by atoms with Crippen LogP contribution >= 0.6 is 0 Å². The monoisotopic (exact) mass is 377 g/mol. The lowest BCUT2D eigenvalue weighted by atomic mass is 10.0. The van der Waals surface area contributed by atoms with Crippen LogP contribution in [0, 0.1) is 0 Å². The van der Waals surface area contributed by atoms with Crippen LogP contribution in [-0.4, -0.2) is 61.9 Å². The molecule has 0 unspecified atom stereocenters. The molecule has 9 nitrogen and oxygen atoms in total. The van der Waals surface area contributed by atoms with Crippen LogP contribution in [0.25, 0.3) is 0 Å². The Bertz CT molecular complexity index is 429. The van der Waals surface area contributed by atoms with E-state index < -0.39 is 36.4 Å². The molecule has 0 aliphatic carbocycles. The average Bonchev–Trinajstić information content (AvgIpc) is 2.60. The number of aliphatic hydroxyl groups excluding tert-OH is 3. The Morgan fingerprint density at radius 2 is 1.50 bits per heavy atom. The molecule has 0 rings (SSSR count). The topological polar surface area (TPSA) is 157 Å². The minimum atomic E-state index is -2.33. The number of aliphatic carboxylic acids is 2. The normalized spacial score (nSPS) is 16.2. The van der Waals surface area contributed by atoms with Crippen molar-refractivity contribution in [2.24, 2.45) is 0 Å². The van der Waals surface area contributed by atoms with Crippen LogP contribution in [0.4, 0.5) is 0 Å². The molecule has 9 heteroatoms. The summed E-state index contributed by atoms with van der Waals surface area (Å²) in [5.74, 6) is -3.41. The number of carboxylic acid groups (broad SMARTS) is 2. The van der Waals surface area contributed by atoms with Gasteiger partial charge >= 0.3 is 11.9 Å². The molecule has 6 N–H and O–H groups in total. The Balaban J connectivity index is 4.10. The molecule has 0 saturated carbocycles. The van der Waals surface area contributed by atoms with Gasteiger partial charge in [0.05, 0.1) is 0 Å². The molecule has 0 aromatic heterocycles. The van der Waals surface area contributed by atoms with Crippen LogP contribution in [0.1, 0.15) is 58.3 Å². The van der Waals surface area contributed by atoms with Gasteiger partial charge in [0.2, 0.25) is 6.10 Å². The third-order valence-electron chi connectivity index (χ3n) is 3.84. The standard InChI is InChI=1S/C17H31NO8/c1-2-3-4-5-6-7-8-9-10-11-18-26-15(17(24)25)13(20)12(19)14(21)16(22)23/h10-15,18-21H,2-9H2,1H3,(H,22,23)(H,24,25)/b11-10+/t12-,13-,14-,15+/m0/s1. The van der Waals surface area contributed by atoms with E-state index in [-0.39, 0.29) is 0 Å². The Morgan fingerprint density at radius 3 is 2.04 bits per heavy atom. The van der Waals surface area contributed by atoms with Crippen molar-refractivity contribution in [2.45, 2.75) is 82.7 Å². The second kappa shape index (κ2) is 14.5. The van der Waals surface area contributed by atoms with Crippen LogP contribution in [-0.2, 0) is 14.4 Å². The van der Waals surface area contributed by atoms with Gasteiger partial charge in [0.1, 0.15) is 12.2 Å². The Kier molecular flexibility index (Phi) is 13.5. The number of rotatable bonds is 16. The fourth-order valence-corrected chi connectivity index (χ4v) is 2.24. The number of unbranched alkanes of at least 4 members (excludes halogenated alkanes) is 7. The van der Waals surface area contributed by atoms with Crippen molar-refractivity contribution in [1.29, 1.82) is 0 Å². The van der Waals surface area contributed by atoms with E-state index in [2.05, 4.69) is 12.4 Å². The first-order valence-corrected chi connectivity index (χ1v) is 8.88. The van der Waals surface area contributed by atoms with Gasteiger partial charge in [-0.1, -0.05) is 51.5 Å². The van der Waals surface area contributed by atoms with Crippen LogP contribution in [0.2, 0.25) is 0 Å². The number of carboxylic acids is 2. The van der Waals surface area contributed by atoms with Gasteiger partial charge in [-0.25, -0.2) is 9.59 Å². The van der Waals surface area contributed by atoms with Gasteiger partial charge in [-0.05, 0) is 12.8 Å². The molecule has 0 radical (unpaired) electrons. The van der Waals surface area contributed by atoms with Crippen molar-refractivity contribution >= 4 is 11.9 Å². The molecule has 4 atom stereocenters. The summed E-state index contributed by atoms with van der Waals surface area (Å²) in [5, 5.41) is 45.9. The quantitative estimate of drug-likeness (QED) is 0.169. The molecule has 0 saturated heterocycles. The summed E-state index contributed by atoms with van der Waals surface area (Å²) < 4.78 is 0. The maximum absolute atomic E-state index is 11.1. The minimum Gasteiger partial charge on any atom is -0.479 e. The van der Waals surface area contributed by atoms with E-state index in [1.165, 1.54) is 38.3 Å². The highest BCUT2D eigenvalue weighted by atomic mass is 16.7. The van der Waals surface area contributed by atoms with Gasteiger partial charge in [-0.2, -0.15) is 0 Å². The van der Waals surface area contributed by atoms with Gasteiger partial charge in [-0.15, -0.1) is 0 Å². The van der Waals surface area contributed by atoms with E-state index in [1.54, 1.807) is 6.08 Å². The lowest BCUT2D eigenvalue weighted by Gasteiger charge is -2.24. The van der Waals surface area contributed by atoms with E-state index in [0.717, 1.165) is 19.3 Å². The lowest BCUT2D eigenvalue weighted by Crippen LogP contribution is -2.52. The average molecular weight is 377 g/mol. The van der Waals surface area contributed by atoms with Crippen molar-refractivity contribution in [3.8, 4) is 0 Å². The van der Waals surface area contributed by atoms with E-state index in [0.29, 0.717) is 0 Å². The smallest absolute Gasteiger partial charge is 0.338 e. The second-order valence-electron chi connectivity index (χ2n) is 6.07.